The number of nitrogens with one attached hydrogen (secondary N) is 1. The molecule has 0 radical (unpaired) electrons. The fourth-order valence-electron chi connectivity index (χ4n) is 2.08. The molecule has 5 heteroatoms. The van der Waals surface area contributed by atoms with Crippen LogP contribution in [-0.4, -0.2) is 16.3 Å². The first-order valence-corrected chi connectivity index (χ1v) is 7.30. The second kappa shape index (κ2) is 6.64. The van der Waals surface area contributed by atoms with Crippen LogP contribution in [0.25, 0.3) is 5.69 Å². The Labute approximate surface area is 130 Å². The molecule has 0 aliphatic rings. The largest absolute Gasteiger partial charge is 0.383 e. The molecule has 0 saturated carbocycles. The van der Waals surface area contributed by atoms with Gasteiger partial charge in [0.05, 0.1) is 17.4 Å². The maximum Gasteiger partial charge on any atom is 0.0877 e. The van der Waals surface area contributed by atoms with Crippen molar-refractivity contribution in [3.63, 3.8) is 0 Å². The summed E-state index contributed by atoms with van der Waals surface area (Å²) in [7, 11) is 0. The maximum absolute atomic E-state index is 8.72. The number of aromatic nitrogens is 2. The highest BCUT2D eigenvalue weighted by Crippen LogP contribution is 2.27. The number of halogens is 1. The molecule has 2 aromatic rings. The third-order valence-electron chi connectivity index (χ3n) is 3.38. The summed E-state index contributed by atoms with van der Waals surface area (Å²) in [6.45, 7) is 5.06. The normalized spacial score (nSPS) is 11.1. The van der Waals surface area contributed by atoms with Crippen molar-refractivity contribution in [2.45, 2.75) is 26.7 Å². The Kier molecular flexibility index (Phi) is 4.87. The van der Waals surface area contributed by atoms with Gasteiger partial charge in [-0.05, 0) is 36.1 Å². The van der Waals surface area contributed by atoms with Gasteiger partial charge in [-0.2, -0.15) is 10.4 Å². The van der Waals surface area contributed by atoms with Crippen molar-refractivity contribution in [3.8, 4) is 11.8 Å². The predicted molar refractivity (Wildman–Crippen MR) is 85.7 cm³/mol. The van der Waals surface area contributed by atoms with Crippen molar-refractivity contribution in [2.24, 2.45) is 5.41 Å². The van der Waals surface area contributed by atoms with Gasteiger partial charge >= 0.3 is 0 Å². The maximum atomic E-state index is 8.72. The minimum Gasteiger partial charge on any atom is -0.383 e. The van der Waals surface area contributed by atoms with Gasteiger partial charge in [-0.25, -0.2) is 4.68 Å². The molecule has 0 aliphatic carbocycles. The summed E-state index contributed by atoms with van der Waals surface area (Å²) in [4.78, 5) is 0. The van der Waals surface area contributed by atoms with Gasteiger partial charge in [0, 0.05) is 30.4 Å². The average Bonchev–Trinajstić information content (AvgIpc) is 2.97. The SMILES string of the molecule is CC(C)(CCC#N)CNc1cc(Cl)ccc1-n1cccn1. The molecule has 1 aromatic carbocycles. The van der Waals surface area contributed by atoms with Crippen LogP contribution in [0.5, 0.6) is 0 Å². The van der Waals surface area contributed by atoms with Crippen molar-refractivity contribution in [1.29, 1.82) is 5.26 Å². The Hall–Kier alpha value is -1.99. The quantitative estimate of drug-likeness (QED) is 0.867. The van der Waals surface area contributed by atoms with E-state index in [-0.39, 0.29) is 5.41 Å². The Bertz CT molecular complexity index is 626. The Morgan fingerprint density at radius 3 is 2.90 bits per heavy atom. The van der Waals surface area contributed by atoms with E-state index in [2.05, 4.69) is 30.3 Å². The minimum atomic E-state index is 0.0411. The molecular weight excluding hydrogens is 284 g/mol. The lowest BCUT2D eigenvalue weighted by Crippen LogP contribution is -2.23. The van der Waals surface area contributed by atoms with Gasteiger partial charge in [0.25, 0.3) is 0 Å². The Morgan fingerprint density at radius 2 is 2.24 bits per heavy atom. The summed E-state index contributed by atoms with van der Waals surface area (Å²) < 4.78 is 1.81. The molecule has 21 heavy (non-hydrogen) atoms. The van der Waals surface area contributed by atoms with Crippen LogP contribution in [0.4, 0.5) is 5.69 Å². The highest BCUT2D eigenvalue weighted by Gasteiger charge is 2.18. The smallest absolute Gasteiger partial charge is 0.0877 e. The van der Waals surface area contributed by atoms with Crippen LogP contribution < -0.4 is 5.32 Å². The number of nitrogens with zero attached hydrogens (tertiary/aromatic N) is 3. The van der Waals surface area contributed by atoms with Crippen molar-refractivity contribution >= 4 is 17.3 Å². The van der Waals surface area contributed by atoms with E-state index in [4.69, 9.17) is 16.9 Å². The van der Waals surface area contributed by atoms with Crippen molar-refractivity contribution in [1.82, 2.24) is 9.78 Å². The van der Waals surface area contributed by atoms with Gasteiger partial charge in [0.1, 0.15) is 0 Å². The lowest BCUT2D eigenvalue weighted by molar-refractivity contribution is 0.364. The molecular formula is C16H19ClN4. The number of nitriles is 1. The van der Waals surface area contributed by atoms with Crippen molar-refractivity contribution < 1.29 is 0 Å². The number of benzene rings is 1. The summed E-state index contributed by atoms with van der Waals surface area (Å²) in [5.41, 5.74) is 1.94. The first-order valence-electron chi connectivity index (χ1n) is 6.92. The first kappa shape index (κ1) is 15.4. The number of rotatable bonds is 6. The van der Waals surface area contributed by atoms with E-state index >= 15 is 0 Å². The summed E-state index contributed by atoms with van der Waals surface area (Å²) in [6.07, 6.45) is 5.06. The van der Waals surface area contributed by atoms with E-state index in [1.54, 1.807) is 10.9 Å². The van der Waals surface area contributed by atoms with E-state index in [1.807, 2.05) is 30.5 Å². The average molecular weight is 303 g/mol. The number of hydrogen-bond donors (Lipinski definition) is 1. The molecule has 0 amide bonds. The van der Waals surface area contributed by atoms with Crippen LogP contribution in [0, 0.1) is 16.7 Å². The summed E-state index contributed by atoms with van der Waals surface area (Å²) in [6, 6.07) is 9.78. The van der Waals surface area contributed by atoms with Crippen LogP contribution in [0.15, 0.2) is 36.7 Å². The molecule has 110 valence electrons. The Morgan fingerprint density at radius 1 is 1.43 bits per heavy atom. The summed E-state index contributed by atoms with van der Waals surface area (Å²) in [5, 5.41) is 17.1. The van der Waals surface area contributed by atoms with Crippen LogP contribution in [0.3, 0.4) is 0 Å². The molecule has 0 bridgehead atoms. The lowest BCUT2D eigenvalue weighted by atomic mass is 9.88. The highest BCUT2D eigenvalue weighted by atomic mass is 35.5. The first-order chi connectivity index (χ1) is 10.0. The van der Waals surface area contributed by atoms with Crippen LogP contribution in [-0.2, 0) is 0 Å². The molecule has 0 unspecified atom stereocenters. The molecule has 4 nitrogen and oxygen atoms in total. The zero-order valence-corrected chi connectivity index (χ0v) is 13.1. The summed E-state index contributed by atoms with van der Waals surface area (Å²) in [5.74, 6) is 0. The molecule has 0 fully saturated rings. The molecule has 1 N–H and O–H groups in total. The van der Waals surface area contributed by atoms with Gasteiger partial charge in [0.2, 0.25) is 0 Å². The number of hydrogen-bond acceptors (Lipinski definition) is 3. The van der Waals surface area contributed by atoms with Crippen LogP contribution >= 0.6 is 11.6 Å². The van der Waals surface area contributed by atoms with Gasteiger partial charge in [-0.15, -0.1) is 0 Å². The molecule has 0 spiro atoms. The van der Waals surface area contributed by atoms with E-state index in [9.17, 15) is 0 Å². The standard InChI is InChI=1S/C16H19ClN4/c1-16(2,7-3-8-18)12-19-14-11-13(17)5-6-15(14)21-10-4-9-20-21/h4-6,9-11,19H,3,7,12H2,1-2H3. The lowest BCUT2D eigenvalue weighted by Gasteiger charge is -2.25. The second-order valence-electron chi connectivity index (χ2n) is 5.79. The third kappa shape index (κ3) is 4.24. The second-order valence-corrected chi connectivity index (χ2v) is 6.22. The predicted octanol–water partition coefficient (Wildman–Crippen LogP) is 4.27. The van der Waals surface area contributed by atoms with Crippen molar-refractivity contribution in [2.75, 3.05) is 11.9 Å². The minimum absolute atomic E-state index is 0.0411. The van der Waals surface area contributed by atoms with Gasteiger partial charge in [-0.1, -0.05) is 25.4 Å². The van der Waals surface area contributed by atoms with Crippen LogP contribution in [0.2, 0.25) is 5.02 Å². The zero-order valence-electron chi connectivity index (χ0n) is 12.3. The fourth-order valence-corrected chi connectivity index (χ4v) is 2.25. The number of anilines is 1. The van der Waals surface area contributed by atoms with E-state index < -0.39 is 0 Å². The fraction of sp³-hybridized carbons (Fsp3) is 0.375. The topological polar surface area (TPSA) is 53.6 Å². The van der Waals surface area contributed by atoms with Gasteiger partial charge in [-0.3, -0.25) is 0 Å². The van der Waals surface area contributed by atoms with Gasteiger partial charge in [0.15, 0.2) is 0 Å². The molecule has 1 heterocycles. The van der Waals surface area contributed by atoms with Crippen molar-refractivity contribution in [3.05, 3.63) is 41.7 Å². The van der Waals surface area contributed by atoms with Gasteiger partial charge < -0.3 is 5.32 Å². The highest BCUT2D eigenvalue weighted by molar-refractivity contribution is 6.31. The third-order valence-corrected chi connectivity index (χ3v) is 3.62. The summed E-state index contributed by atoms with van der Waals surface area (Å²) >= 11 is 6.10. The molecule has 0 aliphatic heterocycles. The Balaban J connectivity index is 2.16. The molecule has 2 rings (SSSR count). The van der Waals surface area contributed by atoms with E-state index in [0.29, 0.717) is 11.4 Å². The van der Waals surface area contributed by atoms with E-state index in [0.717, 1.165) is 24.3 Å². The monoisotopic (exact) mass is 302 g/mol. The molecule has 0 saturated heterocycles. The van der Waals surface area contributed by atoms with Crippen LogP contribution in [0.1, 0.15) is 26.7 Å². The molecule has 1 aromatic heterocycles. The molecule has 0 atom stereocenters. The van der Waals surface area contributed by atoms with E-state index in [1.165, 1.54) is 0 Å². The zero-order chi connectivity index (χ0) is 15.3.